The Hall–Kier alpha value is -3.12. The van der Waals surface area contributed by atoms with E-state index in [2.05, 4.69) is 19.2 Å². The molecule has 0 aliphatic heterocycles. The molecule has 1 N–H and O–H groups in total. The van der Waals surface area contributed by atoms with E-state index in [-0.39, 0.29) is 12.5 Å². The molecule has 3 aromatic carbocycles. The monoisotopic (exact) mass is 450 g/mol. The number of amides is 1. The number of aryl methyl sites for hydroxylation is 2. The molecule has 0 saturated heterocycles. The number of benzene rings is 3. The lowest BCUT2D eigenvalue weighted by atomic mass is 10.0. The molecule has 0 saturated carbocycles. The van der Waals surface area contributed by atoms with Gasteiger partial charge in [-0.3, -0.25) is 9.10 Å². The van der Waals surface area contributed by atoms with Crippen LogP contribution in [0.1, 0.15) is 52.4 Å². The summed E-state index contributed by atoms with van der Waals surface area (Å²) in [4.78, 5) is 12.6. The lowest BCUT2D eigenvalue weighted by molar-refractivity contribution is 0.102. The van der Waals surface area contributed by atoms with Crippen LogP contribution in [0.5, 0.6) is 0 Å². The largest absolute Gasteiger partial charge is 0.322 e. The molecule has 0 spiro atoms. The summed E-state index contributed by atoms with van der Waals surface area (Å²) in [5, 5.41) is 2.90. The summed E-state index contributed by atoms with van der Waals surface area (Å²) in [6, 6.07) is 20.6. The summed E-state index contributed by atoms with van der Waals surface area (Å²) in [7, 11) is -3.48. The minimum absolute atomic E-state index is 0.198. The molecule has 168 valence electrons. The van der Waals surface area contributed by atoms with Crippen molar-refractivity contribution in [1.29, 1.82) is 0 Å². The molecule has 1 amide bonds. The Morgan fingerprint density at radius 2 is 1.47 bits per heavy atom. The quantitative estimate of drug-likeness (QED) is 0.506. The number of nitrogens with one attached hydrogen (secondary N) is 1. The van der Waals surface area contributed by atoms with E-state index in [1.807, 2.05) is 56.3 Å². The highest BCUT2D eigenvalue weighted by Crippen LogP contribution is 2.28. The molecular weight excluding hydrogens is 420 g/mol. The summed E-state index contributed by atoms with van der Waals surface area (Å²) in [6.07, 6.45) is 1.21. The van der Waals surface area contributed by atoms with Gasteiger partial charge in [0.25, 0.3) is 5.91 Å². The van der Waals surface area contributed by atoms with Gasteiger partial charge >= 0.3 is 0 Å². The van der Waals surface area contributed by atoms with Gasteiger partial charge in [0.1, 0.15) is 0 Å². The van der Waals surface area contributed by atoms with E-state index in [1.54, 1.807) is 24.3 Å². The maximum Gasteiger partial charge on any atom is 0.255 e. The van der Waals surface area contributed by atoms with Crippen LogP contribution in [-0.4, -0.2) is 20.6 Å². The molecule has 3 rings (SSSR count). The zero-order valence-corrected chi connectivity index (χ0v) is 20.0. The summed E-state index contributed by atoms with van der Waals surface area (Å²) in [5.41, 5.74) is 5.76. The molecule has 5 nitrogen and oxygen atoms in total. The van der Waals surface area contributed by atoms with Crippen LogP contribution >= 0.6 is 0 Å². The number of rotatable bonds is 7. The van der Waals surface area contributed by atoms with E-state index >= 15 is 0 Å². The van der Waals surface area contributed by atoms with Crippen LogP contribution in [0, 0.1) is 13.8 Å². The lowest BCUT2D eigenvalue weighted by Crippen LogP contribution is -2.30. The van der Waals surface area contributed by atoms with Crippen LogP contribution in [0.2, 0.25) is 0 Å². The Bertz CT molecular complexity index is 1180. The third-order valence-corrected chi connectivity index (χ3v) is 6.58. The van der Waals surface area contributed by atoms with Crippen LogP contribution in [-0.2, 0) is 16.6 Å². The van der Waals surface area contributed by atoms with Crippen molar-refractivity contribution >= 4 is 27.3 Å². The van der Waals surface area contributed by atoms with Gasteiger partial charge in [-0.1, -0.05) is 56.3 Å². The third kappa shape index (κ3) is 5.56. The van der Waals surface area contributed by atoms with E-state index in [0.717, 1.165) is 22.4 Å². The zero-order valence-electron chi connectivity index (χ0n) is 19.2. The average Bonchev–Trinajstić information content (AvgIpc) is 2.73. The number of nitrogens with zero attached hydrogens (tertiary/aromatic N) is 1. The molecule has 0 unspecified atom stereocenters. The van der Waals surface area contributed by atoms with Gasteiger partial charge in [0.05, 0.1) is 18.5 Å². The highest BCUT2D eigenvalue weighted by atomic mass is 32.2. The number of hydrogen-bond donors (Lipinski definition) is 1. The van der Waals surface area contributed by atoms with Crippen molar-refractivity contribution in [2.24, 2.45) is 0 Å². The number of sulfonamides is 1. The van der Waals surface area contributed by atoms with Gasteiger partial charge in [0, 0.05) is 11.3 Å². The fourth-order valence-corrected chi connectivity index (χ4v) is 4.65. The van der Waals surface area contributed by atoms with Crippen molar-refractivity contribution in [3.05, 3.63) is 94.5 Å². The standard InChI is InChI=1S/C26H30N2O3S/c1-18(2)22-13-15-24(16-14-22)27-26(29)23-11-9-21(10-12-23)17-28(32(5,30)31)25-19(3)7-6-8-20(25)4/h6-16,18H,17H2,1-5H3,(H,27,29). The van der Waals surface area contributed by atoms with Crippen molar-refractivity contribution in [1.82, 2.24) is 0 Å². The van der Waals surface area contributed by atoms with E-state index < -0.39 is 10.0 Å². The van der Waals surface area contributed by atoms with Gasteiger partial charge in [-0.2, -0.15) is 0 Å². The van der Waals surface area contributed by atoms with Crippen molar-refractivity contribution in [2.75, 3.05) is 15.9 Å². The van der Waals surface area contributed by atoms with Crippen molar-refractivity contribution < 1.29 is 13.2 Å². The van der Waals surface area contributed by atoms with Gasteiger partial charge in [-0.15, -0.1) is 0 Å². The summed E-state index contributed by atoms with van der Waals surface area (Å²) < 4.78 is 26.5. The normalized spacial score (nSPS) is 11.4. The van der Waals surface area contributed by atoms with Crippen LogP contribution in [0.15, 0.2) is 66.7 Å². The Kier molecular flexibility index (Phi) is 7.04. The highest BCUT2D eigenvalue weighted by Gasteiger charge is 2.21. The smallest absolute Gasteiger partial charge is 0.255 e. The minimum atomic E-state index is -3.48. The molecule has 0 aliphatic carbocycles. The molecule has 0 fully saturated rings. The van der Waals surface area contributed by atoms with Gasteiger partial charge in [0.15, 0.2) is 0 Å². The average molecular weight is 451 g/mol. The number of carbonyl (C=O) groups is 1. The number of carbonyl (C=O) groups excluding carboxylic acids is 1. The highest BCUT2D eigenvalue weighted by molar-refractivity contribution is 7.92. The van der Waals surface area contributed by atoms with E-state index in [0.29, 0.717) is 17.2 Å². The Labute approximate surface area is 191 Å². The van der Waals surface area contributed by atoms with Crippen molar-refractivity contribution in [3.8, 4) is 0 Å². The molecule has 0 atom stereocenters. The van der Waals surface area contributed by atoms with Crippen LogP contribution in [0.25, 0.3) is 0 Å². The second kappa shape index (κ2) is 9.57. The first-order chi connectivity index (χ1) is 15.1. The Morgan fingerprint density at radius 1 is 0.906 bits per heavy atom. The summed E-state index contributed by atoms with van der Waals surface area (Å²) in [6.45, 7) is 8.26. The van der Waals surface area contributed by atoms with Gasteiger partial charge in [-0.25, -0.2) is 8.42 Å². The first-order valence-corrected chi connectivity index (χ1v) is 12.5. The molecular formula is C26H30N2O3S. The maximum atomic E-state index is 12.6. The van der Waals surface area contributed by atoms with Crippen molar-refractivity contribution in [2.45, 2.75) is 40.2 Å². The topological polar surface area (TPSA) is 66.5 Å². The van der Waals surface area contributed by atoms with Crippen molar-refractivity contribution in [3.63, 3.8) is 0 Å². The van der Waals surface area contributed by atoms with E-state index in [1.165, 1.54) is 16.1 Å². The molecule has 0 radical (unpaired) electrons. The Balaban J connectivity index is 1.77. The van der Waals surface area contributed by atoms with Crippen LogP contribution in [0.3, 0.4) is 0 Å². The zero-order chi connectivity index (χ0) is 23.5. The minimum Gasteiger partial charge on any atom is -0.322 e. The predicted molar refractivity (Wildman–Crippen MR) is 132 cm³/mol. The second-order valence-corrected chi connectivity index (χ2v) is 10.3. The SMILES string of the molecule is Cc1cccc(C)c1N(Cc1ccc(C(=O)Nc2ccc(C(C)C)cc2)cc1)S(C)(=O)=O. The predicted octanol–water partition coefficient (Wildman–Crippen LogP) is 5.65. The number of anilines is 2. The maximum absolute atomic E-state index is 12.6. The molecule has 0 aliphatic rings. The summed E-state index contributed by atoms with van der Waals surface area (Å²) >= 11 is 0. The molecule has 3 aromatic rings. The number of para-hydroxylation sites is 1. The van der Waals surface area contributed by atoms with E-state index in [4.69, 9.17) is 0 Å². The van der Waals surface area contributed by atoms with E-state index in [9.17, 15) is 13.2 Å². The van der Waals surface area contributed by atoms with Gasteiger partial charge < -0.3 is 5.32 Å². The fourth-order valence-electron chi connectivity index (χ4n) is 3.64. The van der Waals surface area contributed by atoms with Gasteiger partial charge in [-0.05, 0) is 66.3 Å². The number of hydrogen-bond acceptors (Lipinski definition) is 3. The molecule has 32 heavy (non-hydrogen) atoms. The first kappa shape index (κ1) is 23.5. The first-order valence-electron chi connectivity index (χ1n) is 10.6. The molecule has 0 heterocycles. The van der Waals surface area contributed by atoms with Crippen LogP contribution < -0.4 is 9.62 Å². The fraction of sp³-hybridized carbons (Fsp3) is 0.269. The third-order valence-electron chi connectivity index (χ3n) is 5.47. The lowest BCUT2D eigenvalue weighted by Gasteiger charge is -2.26. The van der Waals surface area contributed by atoms with Gasteiger partial charge in [0.2, 0.25) is 10.0 Å². The van der Waals surface area contributed by atoms with Crippen LogP contribution in [0.4, 0.5) is 11.4 Å². The molecule has 0 aromatic heterocycles. The summed E-state index contributed by atoms with van der Waals surface area (Å²) in [5.74, 6) is 0.228. The molecule has 0 bridgehead atoms. The molecule has 6 heteroatoms. The second-order valence-electron chi connectivity index (χ2n) is 8.44. The Morgan fingerprint density at radius 3 is 1.97 bits per heavy atom.